The van der Waals surface area contributed by atoms with Crippen molar-refractivity contribution in [3.8, 4) is 5.75 Å². The van der Waals surface area contributed by atoms with E-state index in [9.17, 15) is 18.4 Å². The minimum Gasteiger partial charge on any atom is -0.486 e. The number of carbonyl (C=O) groups excluding carboxylic acids is 2. The summed E-state index contributed by atoms with van der Waals surface area (Å²) in [5.41, 5.74) is 0.821. The van der Waals surface area contributed by atoms with Crippen LogP contribution in [-0.2, 0) is 16.2 Å². The van der Waals surface area contributed by atoms with Gasteiger partial charge in [0.05, 0.1) is 6.54 Å². The standard InChI is InChI=1S/C18H18F2N2O3/c1-12(23)22(2)10-18(24)21-15-6-7-17(16(20)9-15)25-11-13-4-3-5-14(19)8-13/h3-9H,10-11H2,1-2H3,(H,21,24). The van der Waals surface area contributed by atoms with Crippen LogP contribution in [0.15, 0.2) is 42.5 Å². The van der Waals surface area contributed by atoms with Crippen molar-refractivity contribution < 1.29 is 23.1 Å². The summed E-state index contributed by atoms with van der Waals surface area (Å²) in [6, 6.07) is 9.80. The molecule has 132 valence electrons. The normalized spacial score (nSPS) is 10.2. The van der Waals surface area contributed by atoms with Crippen LogP contribution in [0.3, 0.4) is 0 Å². The number of ether oxygens (including phenoxy) is 1. The van der Waals surface area contributed by atoms with E-state index >= 15 is 0 Å². The lowest BCUT2D eigenvalue weighted by atomic mass is 10.2. The van der Waals surface area contributed by atoms with Crippen LogP contribution >= 0.6 is 0 Å². The number of hydrogen-bond acceptors (Lipinski definition) is 3. The zero-order valence-electron chi connectivity index (χ0n) is 13.9. The second-order valence-electron chi connectivity index (χ2n) is 5.49. The second-order valence-corrected chi connectivity index (χ2v) is 5.49. The monoisotopic (exact) mass is 348 g/mol. The minimum absolute atomic E-state index is 0.0110. The van der Waals surface area contributed by atoms with Crippen LogP contribution in [0.1, 0.15) is 12.5 Å². The number of carbonyl (C=O) groups is 2. The maximum absolute atomic E-state index is 14.1. The van der Waals surface area contributed by atoms with E-state index in [0.29, 0.717) is 5.56 Å². The van der Waals surface area contributed by atoms with E-state index in [2.05, 4.69) is 5.32 Å². The molecule has 25 heavy (non-hydrogen) atoms. The number of amides is 2. The quantitative estimate of drug-likeness (QED) is 0.873. The first-order valence-corrected chi connectivity index (χ1v) is 7.53. The SMILES string of the molecule is CC(=O)N(C)CC(=O)Nc1ccc(OCc2cccc(F)c2)c(F)c1. The molecule has 0 fully saturated rings. The molecular weight excluding hydrogens is 330 g/mol. The van der Waals surface area contributed by atoms with Gasteiger partial charge >= 0.3 is 0 Å². The number of rotatable bonds is 6. The Balaban J connectivity index is 1.95. The van der Waals surface area contributed by atoms with Gasteiger partial charge in [0.2, 0.25) is 11.8 Å². The first kappa shape index (κ1) is 18.4. The topological polar surface area (TPSA) is 58.6 Å². The van der Waals surface area contributed by atoms with Gasteiger partial charge in [0.15, 0.2) is 11.6 Å². The highest BCUT2D eigenvalue weighted by molar-refractivity contribution is 5.94. The van der Waals surface area contributed by atoms with Gasteiger partial charge in [0.25, 0.3) is 0 Å². The molecule has 0 heterocycles. The Bertz CT molecular complexity index is 781. The molecule has 0 unspecified atom stereocenters. The molecular formula is C18H18F2N2O3. The molecule has 2 aromatic rings. The summed E-state index contributed by atoms with van der Waals surface area (Å²) in [5, 5.41) is 2.50. The first-order chi connectivity index (χ1) is 11.8. The summed E-state index contributed by atoms with van der Waals surface area (Å²) < 4.78 is 32.5. The molecule has 2 amide bonds. The lowest BCUT2D eigenvalue weighted by molar-refractivity contribution is -0.131. The molecule has 0 saturated carbocycles. The number of likely N-dealkylation sites (N-methyl/N-ethyl adjacent to an activating group) is 1. The van der Waals surface area contributed by atoms with E-state index in [0.717, 1.165) is 6.07 Å². The van der Waals surface area contributed by atoms with Gasteiger partial charge in [-0.1, -0.05) is 12.1 Å². The lowest BCUT2D eigenvalue weighted by Gasteiger charge is -2.14. The molecule has 2 rings (SSSR count). The molecule has 5 nitrogen and oxygen atoms in total. The summed E-state index contributed by atoms with van der Waals surface area (Å²) in [5.74, 6) is -1.75. The maximum atomic E-state index is 14.1. The molecule has 1 N–H and O–H groups in total. The third kappa shape index (κ3) is 5.56. The molecule has 2 aromatic carbocycles. The number of nitrogens with zero attached hydrogens (tertiary/aromatic N) is 1. The lowest BCUT2D eigenvalue weighted by Crippen LogP contribution is -2.33. The summed E-state index contributed by atoms with van der Waals surface area (Å²) in [6.45, 7) is 1.23. The Morgan fingerprint density at radius 2 is 1.92 bits per heavy atom. The van der Waals surface area contributed by atoms with Crippen LogP contribution in [0, 0.1) is 11.6 Å². The van der Waals surface area contributed by atoms with Crippen molar-refractivity contribution in [2.24, 2.45) is 0 Å². The maximum Gasteiger partial charge on any atom is 0.243 e. The largest absolute Gasteiger partial charge is 0.486 e. The highest BCUT2D eigenvalue weighted by atomic mass is 19.1. The van der Waals surface area contributed by atoms with Crippen molar-refractivity contribution in [3.05, 3.63) is 59.7 Å². The molecule has 0 radical (unpaired) electrons. The number of hydrogen-bond donors (Lipinski definition) is 1. The number of benzene rings is 2. The average molecular weight is 348 g/mol. The Kier molecular flexibility index (Phi) is 6.05. The predicted molar refractivity (Wildman–Crippen MR) is 89.1 cm³/mol. The van der Waals surface area contributed by atoms with Gasteiger partial charge in [-0.2, -0.15) is 0 Å². The van der Waals surface area contributed by atoms with Gasteiger partial charge in [0, 0.05) is 25.7 Å². The van der Waals surface area contributed by atoms with E-state index < -0.39 is 17.5 Å². The minimum atomic E-state index is -0.658. The Labute approximate surface area is 144 Å². The third-order valence-corrected chi connectivity index (χ3v) is 3.42. The highest BCUT2D eigenvalue weighted by Gasteiger charge is 2.11. The first-order valence-electron chi connectivity index (χ1n) is 7.53. The van der Waals surface area contributed by atoms with E-state index in [4.69, 9.17) is 4.74 Å². The van der Waals surface area contributed by atoms with Gasteiger partial charge in [-0.05, 0) is 29.8 Å². The zero-order chi connectivity index (χ0) is 18.4. The molecule has 0 aliphatic rings. The van der Waals surface area contributed by atoms with Crippen molar-refractivity contribution in [3.63, 3.8) is 0 Å². The van der Waals surface area contributed by atoms with Crippen LogP contribution in [0.4, 0.5) is 14.5 Å². The van der Waals surface area contributed by atoms with Gasteiger partial charge in [-0.3, -0.25) is 9.59 Å². The summed E-state index contributed by atoms with van der Waals surface area (Å²) in [4.78, 5) is 24.1. The van der Waals surface area contributed by atoms with Gasteiger partial charge in [-0.25, -0.2) is 8.78 Å². The molecule has 0 aliphatic heterocycles. The fourth-order valence-corrected chi connectivity index (χ4v) is 2.01. The fourth-order valence-electron chi connectivity index (χ4n) is 2.01. The van der Waals surface area contributed by atoms with Crippen LogP contribution in [-0.4, -0.2) is 30.3 Å². The van der Waals surface area contributed by atoms with E-state index in [-0.39, 0.29) is 30.5 Å². The van der Waals surface area contributed by atoms with Crippen LogP contribution in [0.5, 0.6) is 5.75 Å². The molecule has 0 atom stereocenters. The summed E-state index contributed by atoms with van der Waals surface area (Å²) in [7, 11) is 1.49. The van der Waals surface area contributed by atoms with E-state index in [1.165, 1.54) is 43.1 Å². The number of nitrogens with one attached hydrogen (secondary N) is 1. The van der Waals surface area contributed by atoms with Crippen molar-refractivity contribution in [2.45, 2.75) is 13.5 Å². The van der Waals surface area contributed by atoms with Crippen molar-refractivity contribution in [1.29, 1.82) is 0 Å². The Hall–Kier alpha value is -2.96. The second kappa shape index (κ2) is 8.23. The Morgan fingerprint density at radius 3 is 2.56 bits per heavy atom. The van der Waals surface area contributed by atoms with Gasteiger partial charge in [0.1, 0.15) is 12.4 Å². The van der Waals surface area contributed by atoms with Crippen LogP contribution < -0.4 is 10.1 Å². The molecule has 7 heteroatoms. The summed E-state index contributed by atoms with van der Waals surface area (Å²) in [6.07, 6.45) is 0. The molecule has 0 bridgehead atoms. The Morgan fingerprint density at radius 1 is 1.16 bits per heavy atom. The third-order valence-electron chi connectivity index (χ3n) is 3.42. The predicted octanol–water partition coefficient (Wildman–Crippen LogP) is 2.96. The van der Waals surface area contributed by atoms with Crippen molar-refractivity contribution in [1.82, 2.24) is 4.90 Å². The van der Waals surface area contributed by atoms with Crippen molar-refractivity contribution in [2.75, 3.05) is 18.9 Å². The zero-order valence-corrected chi connectivity index (χ0v) is 13.9. The van der Waals surface area contributed by atoms with Gasteiger partial charge < -0.3 is 15.0 Å². The molecule has 0 aromatic heterocycles. The molecule has 0 saturated heterocycles. The van der Waals surface area contributed by atoms with Crippen molar-refractivity contribution >= 4 is 17.5 Å². The van der Waals surface area contributed by atoms with Crippen LogP contribution in [0.25, 0.3) is 0 Å². The summed E-state index contributed by atoms with van der Waals surface area (Å²) >= 11 is 0. The number of anilines is 1. The molecule has 0 aliphatic carbocycles. The fraction of sp³-hybridized carbons (Fsp3) is 0.222. The van der Waals surface area contributed by atoms with E-state index in [1.807, 2.05) is 0 Å². The molecule has 0 spiro atoms. The average Bonchev–Trinajstić information content (AvgIpc) is 2.54. The number of halogens is 2. The van der Waals surface area contributed by atoms with Crippen LogP contribution in [0.2, 0.25) is 0 Å². The smallest absolute Gasteiger partial charge is 0.243 e. The van der Waals surface area contributed by atoms with E-state index in [1.54, 1.807) is 12.1 Å². The van der Waals surface area contributed by atoms with Gasteiger partial charge in [-0.15, -0.1) is 0 Å². The highest BCUT2D eigenvalue weighted by Crippen LogP contribution is 2.22.